The van der Waals surface area contributed by atoms with E-state index in [0.717, 1.165) is 42.3 Å². The lowest BCUT2D eigenvalue weighted by molar-refractivity contribution is -0.128. The number of amides is 2. The van der Waals surface area contributed by atoms with Gasteiger partial charge in [0, 0.05) is 48.7 Å². The maximum Gasteiger partial charge on any atom is 0.265 e. The summed E-state index contributed by atoms with van der Waals surface area (Å²) in [7, 11) is 0.898. The Kier molecular flexibility index (Phi) is 9.96. The maximum absolute atomic E-state index is 12.9. The van der Waals surface area contributed by atoms with Crippen LogP contribution >= 0.6 is 11.6 Å². The predicted octanol–water partition coefficient (Wildman–Crippen LogP) is 5.83. The molecule has 0 aliphatic heterocycles. The van der Waals surface area contributed by atoms with Crippen LogP contribution in [0.2, 0.25) is 5.02 Å². The number of aromatic nitrogens is 1. The molecule has 0 saturated carbocycles. The fourth-order valence-electron chi connectivity index (χ4n) is 4.93. The molecule has 1 aromatic heterocycles. The highest BCUT2D eigenvalue weighted by atomic mass is 35.5. The molecule has 42 heavy (non-hydrogen) atoms. The Morgan fingerprint density at radius 1 is 1.00 bits per heavy atom. The van der Waals surface area contributed by atoms with Gasteiger partial charge in [-0.25, -0.2) is 13.1 Å². The molecular weight excluding hydrogens is 574 g/mol. The summed E-state index contributed by atoms with van der Waals surface area (Å²) >= 11 is 6.04. The van der Waals surface area contributed by atoms with Crippen LogP contribution in [0.3, 0.4) is 0 Å². The summed E-state index contributed by atoms with van der Waals surface area (Å²) in [5, 5.41) is 1.21. The molecule has 4 aromatic rings. The van der Waals surface area contributed by atoms with Crippen LogP contribution in [0.1, 0.15) is 53.2 Å². The van der Waals surface area contributed by atoms with E-state index in [-0.39, 0.29) is 21.4 Å². The number of hydrogen-bond donors (Lipinski definition) is 1. The molecule has 8 nitrogen and oxygen atoms in total. The van der Waals surface area contributed by atoms with Gasteiger partial charge in [0.2, 0.25) is 5.91 Å². The SMILES string of the molecule is CCCc1cn(Cc2ccc(C(=O)NS(=O)(=O)c3ccccc3Cl)cc2OC)c2cc(CCCC(=O)N(C)C)ccc12. The molecule has 0 aliphatic carbocycles. The second-order valence-corrected chi connectivity index (χ2v) is 12.5. The van der Waals surface area contributed by atoms with Gasteiger partial charge in [-0.2, -0.15) is 0 Å². The van der Waals surface area contributed by atoms with Crippen molar-refractivity contribution in [2.24, 2.45) is 0 Å². The van der Waals surface area contributed by atoms with Crippen molar-refractivity contribution in [1.29, 1.82) is 0 Å². The zero-order valence-corrected chi connectivity index (χ0v) is 25.9. The monoisotopic (exact) mass is 609 g/mol. The zero-order valence-electron chi connectivity index (χ0n) is 24.3. The molecule has 3 aromatic carbocycles. The van der Waals surface area contributed by atoms with Crippen molar-refractivity contribution in [1.82, 2.24) is 14.2 Å². The first-order valence-corrected chi connectivity index (χ1v) is 15.7. The van der Waals surface area contributed by atoms with Gasteiger partial charge in [0.15, 0.2) is 0 Å². The molecule has 222 valence electrons. The topological polar surface area (TPSA) is 97.7 Å². The molecule has 0 radical (unpaired) electrons. The summed E-state index contributed by atoms with van der Waals surface area (Å²) in [6.45, 7) is 2.64. The van der Waals surface area contributed by atoms with E-state index >= 15 is 0 Å². The van der Waals surface area contributed by atoms with E-state index in [9.17, 15) is 18.0 Å². The number of fused-ring (bicyclic) bond motifs is 1. The van der Waals surface area contributed by atoms with Gasteiger partial charge in [-0.15, -0.1) is 0 Å². The number of nitrogens with one attached hydrogen (secondary N) is 1. The average molecular weight is 610 g/mol. The highest BCUT2D eigenvalue weighted by Crippen LogP contribution is 2.29. The number of ether oxygens (including phenoxy) is 1. The van der Waals surface area contributed by atoms with Crippen molar-refractivity contribution < 1.29 is 22.7 Å². The van der Waals surface area contributed by atoms with E-state index in [4.69, 9.17) is 16.3 Å². The van der Waals surface area contributed by atoms with Crippen LogP contribution in [0.25, 0.3) is 10.9 Å². The van der Waals surface area contributed by atoms with Crippen molar-refractivity contribution in [2.45, 2.75) is 50.5 Å². The Bertz CT molecular complexity index is 1710. The molecule has 10 heteroatoms. The van der Waals surface area contributed by atoms with E-state index in [1.807, 2.05) is 0 Å². The molecule has 0 unspecified atom stereocenters. The number of carbonyl (C=O) groups excluding carboxylic acids is 2. The smallest absolute Gasteiger partial charge is 0.265 e. The maximum atomic E-state index is 12.9. The number of methoxy groups -OCH3 is 1. The number of benzene rings is 3. The third-order valence-corrected chi connectivity index (χ3v) is 8.98. The van der Waals surface area contributed by atoms with Gasteiger partial charge in [-0.3, -0.25) is 9.59 Å². The van der Waals surface area contributed by atoms with Crippen LogP contribution in [-0.2, 0) is 34.2 Å². The lowest BCUT2D eigenvalue weighted by atomic mass is 10.0. The van der Waals surface area contributed by atoms with Crippen LogP contribution < -0.4 is 9.46 Å². The molecule has 0 spiro atoms. The minimum atomic E-state index is -4.16. The van der Waals surface area contributed by atoms with Gasteiger partial charge >= 0.3 is 0 Å². The highest BCUT2D eigenvalue weighted by molar-refractivity contribution is 7.90. The average Bonchev–Trinajstić information content (AvgIpc) is 3.29. The van der Waals surface area contributed by atoms with Gasteiger partial charge in [0.1, 0.15) is 10.6 Å². The number of carbonyl (C=O) groups is 2. The van der Waals surface area contributed by atoms with Crippen LogP contribution in [-0.4, -0.2) is 50.9 Å². The first-order valence-electron chi connectivity index (χ1n) is 13.8. The largest absolute Gasteiger partial charge is 0.496 e. The second kappa shape index (κ2) is 13.4. The summed E-state index contributed by atoms with van der Waals surface area (Å²) in [5.74, 6) is -0.195. The minimum Gasteiger partial charge on any atom is -0.496 e. The molecule has 0 fully saturated rings. The highest BCUT2D eigenvalue weighted by Gasteiger charge is 2.22. The quantitative estimate of drug-likeness (QED) is 0.218. The van der Waals surface area contributed by atoms with Crippen LogP contribution in [0.15, 0.2) is 71.8 Å². The van der Waals surface area contributed by atoms with Crippen molar-refractivity contribution >= 4 is 44.3 Å². The number of rotatable bonds is 12. The summed E-state index contributed by atoms with van der Waals surface area (Å²) in [5.41, 5.74) is 4.48. The van der Waals surface area contributed by atoms with E-state index in [2.05, 4.69) is 40.6 Å². The molecule has 2 amide bonds. The van der Waals surface area contributed by atoms with E-state index in [0.29, 0.717) is 18.7 Å². The third kappa shape index (κ3) is 7.14. The summed E-state index contributed by atoms with van der Waals surface area (Å²) in [6.07, 6.45) is 6.18. The molecule has 0 aliphatic rings. The van der Waals surface area contributed by atoms with Crippen LogP contribution in [0.5, 0.6) is 5.75 Å². The molecule has 1 heterocycles. The molecule has 0 atom stereocenters. The van der Waals surface area contributed by atoms with Gasteiger partial charge in [0.25, 0.3) is 15.9 Å². The molecular formula is C32H36ClN3O5S. The summed E-state index contributed by atoms with van der Waals surface area (Å²) < 4.78 is 35.4. The fraction of sp³-hybridized carbons (Fsp3) is 0.312. The molecule has 4 rings (SSSR count). The standard InChI is InChI=1S/C32H36ClN3O5S/c1-5-9-24-20-36(28-18-22(14-17-26(24)28)10-8-13-31(37)35(2)3)21-25-16-15-23(19-29(25)41-4)32(38)34-42(39,40)30-12-7-6-11-27(30)33/h6-7,11-12,14-20H,5,8-10,13,21H2,1-4H3,(H,34,38). The number of aryl methyl sites for hydroxylation is 2. The van der Waals surface area contributed by atoms with Crippen molar-refractivity contribution in [3.8, 4) is 5.75 Å². The van der Waals surface area contributed by atoms with Crippen LogP contribution in [0, 0.1) is 0 Å². The Hall–Kier alpha value is -3.82. The normalized spacial score (nSPS) is 11.5. The molecule has 0 bridgehead atoms. The Morgan fingerprint density at radius 2 is 1.76 bits per heavy atom. The number of hydrogen-bond acceptors (Lipinski definition) is 5. The van der Waals surface area contributed by atoms with Crippen LogP contribution in [0.4, 0.5) is 0 Å². The fourth-order valence-corrected chi connectivity index (χ4v) is 6.43. The molecule has 1 N–H and O–H groups in total. The summed E-state index contributed by atoms with van der Waals surface area (Å²) in [4.78, 5) is 26.4. The number of halogens is 1. The van der Waals surface area contributed by atoms with Crippen molar-refractivity contribution in [2.75, 3.05) is 21.2 Å². The van der Waals surface area contributed by atoms with Crippen molar-refractivity contribution in [3.63, 3.8) is 0 Å². The zero-order chi connectivity index (χ0) is 30.4. The van der Waals surface area contributed by atoms with Crippen molar-refractivity contribution in [3.05, 3.63) is 94.1 Å². The molecule has 0 saturated heterocycles. The van der Waals surface area contributed by atoms with E-state index in [1.165, 1.54) is 36.3 Å². The van der Waals surface area contributed by atoms with E-state index in [1.54, 1.807) is 43.3 Å². The number of nitrogens with zero attached hydrogens (tertiary/aromatic N) is 2. The minimum absolute atomic E-state index is 0.0253. The predicted molar refractivity (Wildman–Crippen MR) is 166 cm³/mol. The van der Waals surface area contributed by atoms with Gasteiger partial charge in [-0.1, -0.05) is 55.3 Å². The summed E-state index contributed by atoms with van der Waals surface area (Å²) in [6, 6.07) is 17.3. The van der Waals surface area contributed by atoms with E-state index < -0.39 is 15.9 Å². The van der Waals surface area contributed by atoms with Gasteiger partial charge in [-0.05, 0) is 60.7 Å². The second-order valence-electron chi connectivity index (χ2n) is 10.4. The Balaban J connectivity index is 1.59. The number of sulfonamides is 1. The van der Waals surface area contributed by atoms with Gasteiger partial charge < -0.3 is 14.2 Å². The van der Waals surface area contributed by atoms with Gasteiger partial charge in [0.05, 0.1) is 18.7 Å². The Labute approximate surface area is 252 Å². The lowest BCUT2D eigenvalue weighted by Crippen LogP contribution is -2.30. The lowest BCUT2D eigenvalue weighted by Gasteiger charge is -2.13. The first-order chi connectivity index (χ1) is 20.0. The first kappa shape index (κ1) is 31.1. The Morgan fingerprint density at radius 3 is 2.45 bits per heavy atom. The third-order valence-electron chi connectivity index (χ3n) is 7.15.